The molecule has 4 nitrogen and oxygen atoms in total. The average molecular weight is 158 g/mol. The molecule has 0 aromatic heterocycles. The summed E-state index contributed by atoms with van der Waals surface area (Å²) < 4.78 is 9.65. The maximum absolute atomic E-state index is 11.0. The fourth-order valence-electron chi connectivity index (χ4n) is 0.991. The summed E-state index contributed by atoms with van der Waals surface area (Å²) in [6.07, 6.45) is 0. The number of hydrogen-bond donors (Lipinski definition) is 0. The molecule has 0 N–H and O–H groups in total. The van der Waals surface area contributed by atoms with Crippen LogP contribution in [0.5, 0.6) is 0 Å². The molecule has 64 valence electrons. The minimum absolute atomic E-state index is 0.278. The Kier molecular flexibility index (Phi) is 2.84. The summed E-state index contributed by atoms with van der Waals surface area (Å²) in [7, 11) is 5.07. The number of methoxy groups -OCH3 is 1. The molecule has 1 fully saturated rings. The van der Waals surface area contributed by atoms with Gasteiger partial charge in [0.1, 0.15) is 6.04 Å². The minimum Gasteiger partial charge on any atom is -0.468 e. The summed E-state index contributed by atoms with van der Waals surface area (Å²) in [6.45, 7) is 1.70. The maximum atomic E-state index is 11.0. The van der Waals surface area contributed by atoms with E-state index in [9.17, 15) is 4.79 Å². The van der Waals surface area contributed by atoms with E-state index >= 15 is 0 Å². The standard InChI is InChI=1S/C7H12NO3/c1-8-3-4-11-5-6(8)7(9)10-2/h6H,1,3-5H2,2H3/q-1. The minimum atomic E-state index is -0.325. The third kappa shape index (κ3) is 1.91. The summed E-state index contributed by atoms with van der Waals surface area (Å²) >= 11 is 0. The van der Waals surface area contributed by atoms with E-state index in [1.165, 1.54) is 7.11 Å². The molecule has 0 spiro atoms. The molecule has 0 bridgehead atoms. The van der Waals surface area contributed by atoms with E-state index in [1.807, 2.05) is 0 Å². The van der Waals surface area contributed by atoms with E-state index in [1.54, 1.807) is 4.90 Å². The first-order valence-electron chi connectivity index (χ1n) is 3.48. The topological polar surface area (TPSA) is 38.8 Å². The molecular formula is C7H12NO3-. The van der Waals surface area contributed by atoms with Crippen LogP contribution in [0.15, 0.2) is 0 Å². The van der Waals surface area contributed by atoms with E-state index in [4.69, 9.17) is 4.74 Å². The summed E-state index contributed by atoms with van der Waals surface area (Å²) in [5.74, 6) is -0.278. The number of morpholine rings is 1. The second kappa shape index (κ2) is 3.69. The third-order valence-corrected chi connectivity index (χ3v) is 1.71. The number of hydrogen-bond acceptors (Lipinski definition) is 4. The van der Waals surface area contributed by atoms with E-state index in [0.29, 0.717) is 19.8 Å². The number of nitrogens with zero attached hydrogens (tertiary/aromatic N) is 1. The van der Waals surface area contributed by atoms with Gasteiger partial charge in [0.15, 0.2) is 0 Å². The van der Waals surface area contributed by atoms with Crippen molar-refractivity contribution in [3.05, 3.63) is 7.05 Å². The number of carbonyl (C=O) groups is 1. The summed E-state index contributed by atoms with van der Waals surface area (Å²) in [5, 5.41) is 0. The molecule has 11 heavy (non-hydrogen) atoms. The Morgan fingerprint density at radius 1 is 1.82 bits per heavy atom. The van der Waals surface area contributed by atoms with Crippen LogP contribution in [0.4, 0.5) is 0 Å². The molecule has 1 rings (SSSR count). The van der Waals surface area contributed by atoms with Crippen molar-refractivity contribution in [2.45, 2.75) is 6.04 Å². The highest BCUT2D eigenvalue weighted by atomic mass is 16.5. The quantitative estimate of drug-likeness (QED) is 0.386. The predicted molar refractivity (Wildman–Crippen MR) is 38.7 cm³/mol. The second-order valence-electron chi connectivity index (χ2n) is 2.43. The smallest absolute Gasteiger partial charge is 0.322 e. The fourth-order valence-corrected chi connectivity index (χ4v) is 0.991. The zero-order chi connectivity index (χ0) is 8.27. The average Bonchev–Trinajstić information content (AvgIpc) is 2.04. The van der Waals surface area contributed by atoms with Crippen molar-refractivity contribution < 1.29 is 14.3 Å². The Morgan fingerprint density at radius 2 is 2.55 bits per heavy atom. The van der Waals surface area contributed by atoms with Crippen LogP contribution in [0, 0.1) is 7.05 Å². The largest absolute Gasteiger partial charge is 0.468 e. The Hall–Kier alpha value is -0.610. The third-order valence-electron chi connectivity index (χ3n) is 1.71. The van der Waals surface area contributed by atoms with Gasteiger partial charge in [0.05, 0.1) is 20.3 Å². The van der Waals surface area contributed by atoms with Gasteiger partial charge < -0.3 is 14.4 Å². The Labute approximate surface area is 66.1 Å². The molecule has 1 heterocycles. The highest BCUT2D eigenvalue weighted by Gasteiger charge is 2.22. The first-order chi connectivity index (χ1) is 5.25. The van der Waals surface area contributed by atoms with Crippen LogP contribution in [0.1, 0.15) is 0 Å². The summed E-state index contributed by atoms with van der Waals surface area (Å²) in [5.41, 5.74) is 0. The molecular weight excluding hydrogens is 146 g/mol. The van der Waals surface area contributed by atoms with Crippen LogP contribution in [0.2, 0.25) is 0 Å². The molecule has 0 saturated carbocycles. The van der Waals surface area contributed by atoms with Gasteiger partial charge in [-0.2, -0.15) is 0 Å². The Bertz CT molecular complexity index is 149. The van der Waals surface area contributed by atoms with Gasteiger partial charge >= 0.3 is 5.97 Å². The molecule has 1 aliphatic heterocycles. The van der Waals surface area contributed by atoms with Crippen LogP contribution in [0.25, 0.3) is 0 Å². The maximum Gasteiger partial charge on any atom is 0.322 e. The highest BCUT2D eigenvalue weighted by molar-refractivity contribution is 5.75. The lowest BCUT2D eigenvalue weighted by molar-refractivity contribution is -0.151. The number of ether oxygens (including phenoxy) is 2. The lowest BCUT2D eigenvalue weighted by Crippen LogP contribution is -2.46. The van der Waals surface area contributed by atoms with Gasteiger partial charge in [-0.15, -0.1) is 0 Å². The van der Waals surface area contributed by atoms with E-state index in [0.717, 1.165) is 0 Å². The zero-order valence-electron chi connectivity index (χ0n) is 6.58. The van der Waals surface area contributed by atoms with Crippen LogP contribution in [-0.2, 0) is 14.3 Å². The molecule has 1 aliphatic rings. The molecule has 1 atom stereocenters. The summed E-state index contributed by atoms with van der Waals surface area (Å²) in [6, 6.07) is -0.325. The number of carbonyl (C=O) groups excluding carboxylic acids is 1. The van der Waals surface area contributed by atoms with Gasteiger partial charge in [0.25, 0.3) is 0 Å². The van der Waals surface area contributed by atoms with Crippen molar-refractivity contribution in [3.63, 3.8) is 0 Å². The van der Waals surface area contributed by atoms with Crippen molar-refractivity contribution in [3.8, 4) is 0 Å². The number of esters is 1. The van der Waals surface area contributed by atoms with Gasteiger partial charge in [-0.3, -0.25) is 11.8 Å². The first kappa shape index (κ1) is 8.49. The van der Waals surface area contributed by atoms with Crippen LogP contribution >= 0.6 is 0 Å². The number of rotatable bonds is 1. The molecule has 1 saturated heterocycles. The molecule has 0 aromatic carbocycles. The van der Waals surface area contributed by atoms with Gasteiger partial charge in [0, 0.05) is 0 Å². The van der Waals surface area contributed by atoms with Gasteiger partial charge in [0.2, 0.25) is 0 Å². The van der Waals surface area contributed by atoms with E-state index in [2.05, 4.69) is 11.8 Å². The normalized spacial score (nSPS) is 26.5. The van der Waals surface area contributed by atoms with Crippen molar-refractivity contribution in [1.82, 2.24) is 4.90 Å². The van der Waals surface area contributed by atoms with Crippen molar-refractivity contribution in [2.75, 3.05) is 26.9 Å². The van der Waals surface area contributed by atoms with Crippen molar-refractivity contribution >= 4 is 5.97 Å². The molecule has 0 amide bonds. The van der Waals surface area contributed by atoms with Crippen LogP contribution in [0.3, 0.4) is 0 Å². The van der Waals surface area contributed by atoms with Crippen molar-refractivity contribution in [2.24, 2.45) is 0 Å². The van der Waals surface area contributed by atoms with Gasteiger partial charge in [-0.25, -0.2) is 0 Å². The molecule has 0 aromatic rings. The van der Waals surface area contributed by atoms with E-state index in [-0.39, 0.29) is 12.0 Å². The van der Waals surface area contributed by atoms with Crippen LogP contribution in [-0.4, -0.2) is 43.8 Å². The van der Waals surface area contributed by atoms with Gasteiger partial charge in [-0.1, -0.05) is 0 Å². The van der Waals surface area contributed by atoms with Crippen LogP contribution < -0.4 is 0 Å². The van der Waals surface area contributed by atoms with Crippen molar-refractivity contribution in [1.29, 1.82) is 0 Å². The molecule has 0 radical (unpaired) electrons. The first-order valence-corrected chi connectivity index (χ1v) is 3.48. The highest BCUT2D eigenvalue weighted by Crippen LogP contribution is 2.05. The Balaban J connectivity index is 2.47. The zero-order valence-corrected chi connectivity index (χ0v) is 6.58. The molecule has 1 unspecified atom stereocenters. The molecule has 4 heteroatoms. The van der Waals surface area contributed by atoms with Gasteiger partial charge in [-0.05, 0) is 6.54 Å². The lowest BCUT2D eigenvalue weighted by Gasteiger charge is -2.36. The predicted octanol–water partition coefficient (Wildman–Crippen LogP) is -0.348. The fraction of sp³-hybridized carbons (Fsp3) is 0.714. The summed E-state index contributed by atoms with van der Waals surface area (Å²) in [4.78, 5) is 12.7. The van der Waals surface area contributed by atoms with E-state index < -0.39 is 0 Å². The Morgan fingerprint density at radius 3 is 3.09 bits per heavy atom. The second-order valence-corrected chi connectivity index (χ2v) is 2.43. The lowest BCUT2D eigenvalue weighted by atomic mass is 10.2. The SMILES string of the molecule is [CH2-]N1CCOCC1C(=O)OC. The monoisotopic (exact) mass is 158 g/mol. The molecule has 0 aliphatic carbocycles.